The summed E-state index contributed by atoms with van der Waals surface area (Å²) >= 11 is 0. The van der Waals surface area contributed by atoms with Gasteiger partial charge in [-0.1, -0.05) is 0 Å². The first-order valence-electron chi connectivity index (χ1n) is 3.56. The zero-order chi connectivity index (χ0) is 10.6. The first-order chi connectivity index (χ1) is 6.63. The quantitative estimate of drug-likeness (QED) is 0.198. The second kappa shape index (κ2) is 4.18. The number of carbonyl (C=O) groups is 1. The van der Waals surface area contributed by atoms with E-state index in [1.807, 2.05) is 15.5 Å². The highest BCUT2D eigenvalue weighted by atomic mass is 16.2. The van der Waals surface area contributed by atoms with E-state index in [0.717, 1.165) is 0 Å². The second-order valence-electron chi connectivity index (χ2n) is 2.28. The second-order valence-corrected chi connectivity index (χ2v) is 2.28. The fourth-order valence-electron chi connectivity index (χ4n) is 0.683. The van der Waals surface area contributed by atoms with Crippen LogP contribution in [-0.4, -0.2) is 27.6 Å². The number of nitrogens with two attached hydrogens (primary N) is 1. The van der Waals surface area contributed by atoms with Crippen molar-refractivity contribution < 1.29 is 4.79 Å². The van der Waals surface area contributed by atoms with Crippen LogP contribution >= 0.6 is 0 Å². The van der Waals surface area contributed by atoms with Crippen LogP contribution < -0.4 is 27.8 Å². The molecule has 0 spiro atoms. The van der Waals surface area contributed by atoms with Gasteiger partial charge in [-0.3, -0.25) is 20.0 Å². The summed E-state index contributed by atoms with van der Waals surface area (Å²) in [5.74, 6) is 4.12. The fraction of sp³-hybridized carbons (Fsp3) is 0.200. The van der Waals surface area contributed by atoms with Gasteiger partial charge in [-0.15, -0.1) is 5.10 Å². The van der Waals surface area contributed by atoms with Crippen LogP contribution in [0.15, 0.2) is 9.59 Å². The van der Waals surface area contributed by atoms with Gasteiger partial charge < -0.3 is 5.32 Å². The van der Waals surface area contributed by atoms with Gasteiger partial charge in [0.1, 0.15) is 0 Å². The molecule has 0 saturated heterocycles. The van der Waals surface area contributed by atoms with E-state index >= 15 is 0 Å². The standard InChI is InChI=1S/C5H8N6O3/c6-9-2(12)1-7-3-4(13)8-5(14)11-10-3/h1,6H2,(H,7,10)(H,9,12)(H2,8,11,13,14). The largest absolute Gasteiger partial charge is 0.355 e. The summed E-state index contributed by atoms with van der Waals surface area (Å²) in [6.07, 6.45) is 0. The molecule has 0 radical (unpaired) electrons. The lowest BCUT2D eigenvalue weighted by Crippen LogP contribution is -2.36. The van der Waals surface area contributed by atoms with E-state index in [4.69, 9.17) is 5.84 Å². The van der Waals surface area contributed by atoms with Crippen molar-refractivity contribution in [3.8, 4) is 0 Å². The summed E-state index contributed by atoms with van der Waals surface area (Å²) < 4.78 is 0. The molecule has 9 heteroatoms. The third-order valence-electron chi connectivity index (χ3n) is 1.29. The number of rotatable bonds is 3. The molecule has 0 bridgehead atoms. The number of aromatic amines is 2. The summed E-state index contributed by atoms with van der Waals surface area (Å²) in [6.45, 7) is -0.210. The maximum atomic E-state index is 11.0. The molecule has 14 heavy (non-hydrogen) atoms. The van der Waals surface area contributed by atoms with Gasteiger partial charge in [-0.05, 0) is 0 Å². The first kappa shape index (κ1) is 9.92. The van der Waals surface area contributed by atoms with Gasteiger partial charge in [0.25, 0.3) is 11.5 Å². The summed E-state index contributed by atoms with van der Waals surface area (Å²) in [7, 11) is 0. The van der Waals surface area contributed by atoms with E-state index in [-0.39, 0.29) is 12.4 Å². The van der Waals surface area contributed by atoms with Gasteiger partial charge in [0.15, 0.2) is 0 Å². The van der Waals surface area contributed by atoms with Crippen molar-refractivity contribution in [3.05, 3.63) is 20.8 Å². The molecule has 1 rings (SSSR count). The van der Waals surface area contributed by atoms with Gasteiger partial charge in [0.2, 0.25) is 5.82 Å². The lowest BCUT2D eigenvalue weighted by atomic mass is 10.5. The number of H-pyrrole nitrogens is 2. The molecule has 9 nitrogen and oxygen atoms in total. The molecule has 1 amide bonds. The predicted octanol–water partition coefficient (Wildman–Crippen LogP) is -3.14. The highest BCUT2D eigenvalue weighted by Gasteiger charge is 2.03. The normalized spacial score (nSPS) is 9.50. The Balaban J connectivity index is 2.73. The zero-order valence-electron chi connectivity index (χ0n) is 6.96. The van der Waals surface area contributed by atoms with Crippen LogP contribution in [0.1, 0.15) is 0 Å². The predicted molar refractivity (Wildman–Crippen MR) is 46.3 cm³/mol. The van der Waals surface area contributed by atoms with Crippen molar-refractivity contribution in [2.75, 3.05) is 11.9 Å². The van der Waals surface area contributed by atoms with Crippen molar-refractivity contribution in [2.45, 2.75) is 0 Å². The Morgan fingerprint density at radius 1 is 1.50 bits per heavy atom. The minimum absolute atomic E-state index is 0.159. The Bertz CT molecular complexity index is 434. The number of nitrogens with zero attached hydrogens (tertiary/aromatic N) is 1. The monoisotopic (exact) mass is 200 g/mol. The zero-order valence-corrected chi connectivity index (χ0v) is 6.96. The highest BCUT2D eigenvalue weighted by molar-refractivity contribution is 5.79. The minimum Gasteiger partial charge on any atom is -0.355 e. The molecular formula is C5H8N6O3. The summed E-state index contributed by atoms with van der Waals surface area (Å²) in [5, 5.41) is 7.74. The van der Waals surface area contributed by atoms with Crippen LogP contribution in [0.3, 0.4) is 0 Å². The van der Waals surface area contributed by atoms with E-state index in [1.165, 1.54) is 0 Å². The number of carbonyl (C=O) groups excluding carboxylic acids is 1. The van der Waals surface area contributed by atoms with Crippen molar-refractivity contribution in [1.29, 1.82) is 0 Å². The number of nitrogens with one attached hydrogen (secondary N) is 4. The van der Waals surface area contributed by atoms with Gasteiger partial charge in [0.05, 0.1) is 6.54 Å². The van der Waals surface area contributed by atoms with Gasteiger partial charge in [-0.2, -0.15) is 0 Å². The number of hydrogen-bond acceptors (Lipinski definition) is 6. The molecule has 0 aliphatic rings. The lowest BCUT2D eigenvalue weighted by molar-refractivity contribution is -0.119. The van der Waals surface area contributed by atoms with E-state index in [1.54, 1.807) is 0 Å². The maximum Gasteiger partial charge on any atom is 0.342 e. The molecule has 6 N–H and O–H groups in total. The number of amides is 1. The SMILES string of the molecule is NNC(=O)CNc1n[nH]c(=O)[nH]c1=O. The molecule has 1 aromatic rings. The Morgan fingerprint density at radius 3 is 2.79 bits per heavy atom. The maximum absolute atomic E-state index is 11.0. The first-order valence-corrected chi connectivity index (χ1v) is 3.56. The van der Waals surface area contributed by atoms with Crippen LogP contribution in [-0.2, 0) is 4.79 Å². The number of anilines is 1. The average molecular weight is 200 g/mol. The molecule has 0 fully saturated rings. The molecular weight excluding hydrogens is 192 g/mol. The number of aromatic nitrogens is 3. The topological polar surface area (TPSA) is 146 Å². The third-order valence-corrected chi connectivity index (χ3v) is 1.29. The Morgan fingerprint density at radius 2 is 2.21 bits per heavy atom. The molecule has 0 unspecified atom stereocenters. The summed E-state index contributed by atoms with van der Waals surface area (Å²) in [6, 6.07) is 0. The Kier molecular flexibility index (Phi) is 2.97. The van der Waals surface area contributed by atoms with Crippen molar-refractivity contribution >= 4 is 11.7 Å². The minimum atomic E-state index is -0.719. The third kappa shape index (κ3) is 2.42. The highest BCUT2D eigenvalue weighted by Crippen LogP contribution is 1.83. The van der Waals surface area contributed by atoms with Crippen LogP contribution in [0.25, 0.3) is 0 Å². The smallest absolute Gasteiger partial charge is 0.342 e. The van der Waals surface area contributed by atoms with Crippen LogP contribution in [0.4, 0.5) is 5.82 Å². The van der Waals surface area contributed by atoms with Gasteiger partial charge in [0, 0.05) is 0 Å². The summed E-state index contributed by atoms with van der Waals surface area (Å²) in [5.41, 5.74) is 0.424. The van der Waals surface area contributed by atoms with Gasteiger partial charge in [-0.25, -0.2) is 15.7 Å². The molecule has 0 aliphatic heterocycles. The van der Waals surface area contributed by atoms with Crippen LogP contribution in [0, 0.1) is 0 Å². The van der Waals surface area contributed by atoms with Crippen LogP contribution in [0.2, 0.25) is 0 Å². The number of hydrogen-bond donors (Lipinski definition) is 5. The fourth-order valence-corrected chi connectivity index (χ4v) is 0.683. The van der Waals surface area contributed by atoms with E-state index in [0.29, 0.717) is 0 Å². The molecule has 76 valence electrons. The van der Waals surface area contributed by atoms with Crippen molar-refractivity contribution in [2.24, 2.45) is 5.84 Å². The van der Waals surface area contributed by atoms with Crippen LogP contribution in [0.5, 0.6) is 0 Å². The van der Waals surface area contributed by atoms with E-state index in [9.17, 15) is 14.4 Å². The Labute approximate surface area is 76.7 Å². The molecule has 0 aromatic carbocycles. The lowest BCUT2D eigenvalue weighted by Gasteiger charge is -2.01. The molecule has 0 aliphatic carbocycles. The van der Waals surface area contributed by atoms with Crippen molar-refractivity contribution in [1.82, 2.24) is 20.6 Å². The van der Waals surface area contributed by atoms with Crippen molar-refractivity contribution in [3.63, 3.8) is 0 Å². The molecule has 1 aromatic heterocycles. The number of hydrazine groups is 1. The molecule has 1 heterocycles. The molecule has 0 atom stereocenters. The van der Waals surface area contributed by atoms with E-state index in [2.05, 4.69) is 10.4 Å². The van der Waals surface area contributed by atoms with Gasteiger partial charge >= 0.3 is 5.69 Å². The average Bonchev–Trinajstić information content (AvgIpc) is 2.16. The summed E-state index contributed by atoms with van der Waals surface area (Å²) in [4.78, 5) is 34.1. The Hall–Kier alpha value is -2.16. The molecule has 0 saturated carbocycles. The van der Waals surface area contributed by atoms with E-state index < -0.39 is 17.2 Å².